The van der Waals surface area contributed by atoms with Crippen LogP contribution in [0.4, 0.5) is 19.6 Å². The number of nitrogens with zero attached hydrogens (tertiary/aromatic N) is 5. The normalized spacial score (nSPS) is 22.5. The molecule has 8 rings (SSSR count). The van der Waals surface area contributed by atoms with Crippen LogP contribution in [-0.2, 0) is 0 Å². The van der Waals surface area contributed by atoms with Gasteiger partial charge in [0.1, 0.15) is 34.8 Å². The minimum Gasteiger partial charge on any atom is -0.491 e. The van der Waals surface area contributed by atoms with Crippen molar-refractivity contribution in [2.45, 2.75) is 62.6 Å². The fourth-order valence-electron chi connectivity index (χ4n) is 7.96. The van der Waals surface area contributed by atoms with Crippen molar-refractivity contribution in [3.05, 3.63) is 34.4 Å². The zero-order chi connectivity index (χ0) is 31.0. The number of nitrogens with two attached hydrogens (primary N) is 2. The van der Waals surface area contributed by atoms with Gasteiger partial charge in [-0.3, -0.25) is 4.90 Å². The van der Waals surface area contributed by atoms with Gasteiger partial charge in [-0.2, -0.15) is 15.2 Å². The van der Waals surface area contributed by atoms with E-state index in [0.29, 0.717) is 37.4 Å². The Labute approximate surface area is 267 Å². The fourth-order valence-corrected chi connectivity index (χ4v) is 9.24. The van der Waals surface area contributed by atoms with E-state index >= 15 is 4.39 Å². The van der Waals surface area contributed by atoms with Crippen LogP contribution >= 0.6 is 22.9 Å². The number of fused-ring (bicyclic) bond motifs is 4. The maximum atomic E-state index is 17.1. The van der Waals surface area contributed by atoms with Crippen LogP contribution in [0.5, 0.6) is 11.8 Å². The molecule has 45 heavy (non-hydrogen) atoms. The number of halogens is 3. The Morgan fingerprint density at radius 3 is 2.73 bits per heavy atom. The van der Waals surface area contributed by atoms with E-state index in [1.807, 2.05) is 0 Å². The number of nitrogen functional groups attached to an aromatic ring is 1. The average Bonchev–Trinajstić information content (AvgIpc) is 3.71. The lowest BCUT2D eigenvalue weighted by atomic mass is 9.94. The molecule has 0 radical (unpaired) electrons. The highest BCUT2D eigenvalue weighted by Gasteiger charge is 2.45. The van der Waals surface area contributed by atoms with Crippen LogP contribution in [0.25, 0.3) is 32.1 Å². The molecule has 4 aliphatic heterocycles. The monoisotopic (exact) mass is 651 g/mol. The fraction of sp³-hybridized carbons (Fsp3) is 0.469. The zero-order valence-electron chi connectivity index (χ0n) is 24.5. The molecule has 2 aromatic heterocycles. The smallest absolute Gasteiger partial charge is 0.319 e. The Hall–Kier alpha value is -3.50. The van der Waals surface area contributed by atoms with Gasteiger partial charge in [0, 0.05) is 36.0 Å². The third-order valence-electron chi connectivity index (χ3n) is 10.1. The molecule has 2 atom stereocenters. The number of thiophene rings is 1. The predicted molar refractivity (Wildman–Crippen MR) is 171 cm³/mol. The highest BCUT2D eigenvalue weighted by atomic mass is 35.5. The standard InChI is InChI=1S/C32H32ClF2N7O2S/c33-24-22(18-5-6-20(34)28-21(18)19(13-36)29(38)45-28)25(35)26-23-27(24)43-12-7-17-4-3-16(37)14-42(17)30(23)40-31(39-26)44-15-32-8-1-10-41(32)11-2-9-32/h5-6,16-17H,1-4,7-12,14-15,37-38H2. The number of piperidine rings is 1. The van der Waals surface area contributed by atoms with Crippen molar-refractivity contribution in [3.63, 3.8) is 0 Å². The van der Waals surface area contributed by atoms with E-state index < -0.39 is 11.6 Å². The second-order valence-electron chi connectivity index (χ2n) is 12.6. The van der Waals surface area contributed by atoms with Gasteiger partial charge in [-0.15, -0.1) is 11.3 Å². The predicted octanol–water partition coefficient (Wildman–Crippen LogP) is 5.98. The van der Waals surface area contributed by atoms with E-state index in [0.717, 1.165) is 63.0 Å². The number of hydrogen-bond acceptors (Lipinski definition) is 10. The van der Waals surface area contributed by atoms with Crippen LogP contribution in [0, 0.1) is 23.0 Å². The molecule has 0 bridgehead atoms. The summed E-state index contributed by atoms with van der Waals surface area (Å²) in [5, 5.41) is 10.6. The number of rotatable bonds is 4. The molecule has 4 N–H and O–H groups in total. The summed E-state index contributed by atoms with van der Waals surface area (Å²) in [5.74, 6) is -0.587. The minimum absolute atomic E-state index is 0.00807. The molecule has 0 amide bonds. The summed E-state index contributed by atoms with van der Waals surface area (Å²) in [6, 6.07) is 4.79. The maximum absolute atomic E-state index is 17.1. The summed E-state index contributed by atoms with van der Waals surface area (Å²) in [6.07, 6.45) is 6.70. The summed E-state index contributed by atoms with van der Waals surface area (Å²) in [4.78, 5) is 14.2. The summed E-state index contributed by atoms with van der Waals surface area (Å²) < 4.78 is 44.9. The lowest BCUT2D eigenvalue weighted by molar-refractivity contribution is 0.107. The van der Waals surface area contributed by atoms with Gasteiger partial charge >= 0.3 is 6.01 Å². The summed E-state index contributed by atoms with van der Waals surface area (Å²) in [6.45, 7) is 3.36. The van der Waals surface area contributed by atoms with Crippen LogP contribution in [-0.4, -0.2) is 65.3 Å². The summed E-state index contributed by atoms with van der Waals surface area (Å²) in [5.41, 5.74) is 12.7. The molecule has 13 heteroatoms. The Bertz CT molecular complexity index is 1900. The first-order valence-electron chi connectivity index (χ1n) is 15.5. The third kappa shape index (κ3) is 4.42. The molecular formula is C32H32ClF2N7O2S. The molecule has 2 unspecified atom stereocenters. The first-order chi connectivity index (χ1) is 21.8. The van der Waals surface area contributed by atoms with Gasteiger partial charge in [-0.05, 0) is 63.2 Å². The van der Waals surface area contributed by atoms with E-state index in [9.17, 15) is 9.65 Å². The van der Waals surface area contributed by atoms with Gasteiger partial charge in [-0.25, -0.2) is 8.78 Å². The number of anilines is 2. The molecule has 234 valence electrons. The van der Waals surface area contributed by atoms with Gasteiger partial charge in [0.05, 0.1) is 32.8 Å². The Morgan fingerprint density at radius 1 is 1.16 bits per heavy atom. The maximum Gasteiger partial charge on any atom is 0.319 e. The second-order valence-corrected chi connectivity index (χ2v) is 14.1. The lowest BCUT2D eigenvalue weighted by Crippen LogP contribution is -2.50. The zero-order valence-corrected chi connectivity index (χ0v) is 26.1. The number of aromatic nitrogens is 2. The van der Waals surface area contributed by atoms with E-state index in [1.165, 1.54) is 12.1 Å². The van der Waals surface area contributed by atoms with Crippen molar-refractivity contribution >= 4 is 54.7 Å². The number of ether oxygens (including phenoxy) is 2. The molecule has 0 spiro atoms. The molecule has 4 aromatic rings. The summed E-state index contributed by atoms with van der Waals surface area (Å²) in [7, 11) is 0. The lowest BCUT2D eigenvalue weighted by Gasteiger charge is -2.41. The molecule has 3 saturated heterocycles. The van der Waals surface area contributed by atoms with E-state index in [4.69, 9.17) is 37.5 Å². The third-order valence-corrected chi connectivity index (χ3v) is 11.5. The van der Waals surface area contributed by atoms with Gasteiger partial charge in [-0.1, -0.05) is 17.7 Å². The molecule has 6 heterocycles. The van der Waals surface area contributed by atoms with Gasteiger partial charge in [0.2, 0.25) is 0 Å². The van der Waals surface area contributed by atoms with Gasteiger partial charge in [0.25, 0.3) is 0 Å². The van der Waals surface area contributed by atoms with Crippen molar-refractivity contribution in [2.24, 2.45) is 5.73 Å². The topological polar surface area (TPSA) is 127 Å². The quantitative estimate of drug-likeness (QED) is 0.274. The van der Waals surface area contributed by atoms with Gasteiger partial charge in [0.15, 0.2) is 11.6 Å². The molecule has 2 aromatic carbocycles. The molecule has 3 fully saturated rings. The van der Waals surface area contributed by atoms with Crippen LogP contribution in [0.2, 0.25) is 5.02 Å². The Morgan fingerprint density at radius 2 is 1.96 bits per heavy atom. The Kier molecular flexibility index (Phi) is 6.94. The molecule has 0 saturated carbocycles. The van der Waals surface area contributed by atoms with Crippen molar-refractivity contribution in [1.82, 2.24) is 14.9 Å². The molecule has 9 nitrogen and oxygen atoms in total. The number of nitriles is 1. The molecular weight excluding hydrogens is 620 g/mol. The average molecular weight is 652 g/mol. The van der Waals surface area contributed by atoms with E-state index in [1.54, 1.807) is 0 Å². The van der Waals surface area contributed by atoms with Crippen molar-refractivity contribution < 1.29 is 18.3 Å². The first kappa shape index (κ1) is 28.9. The largest absolute Gasteiger partial charge is 0.491 e. The highest BCUT2D eigenvalue weighted by molar-refractivity contribution is 7.23. The van der Waals surface area contributed by atoms with E-state index in [-0.39, 0.29) is 71.7 Å². The van der Waals surface area contributed by atoms with Crippen LogP contribution in [0.1, 0.15) is 50.5 Å². The first-order valence-corrected chi connectivity index (χ1v) is 16.7. The molecule has 0 aliphatic carbocycles. The van der Waals surface area contributed by atoms with E-state index in [2.05, 4.69) is 20.9 Å². The number of hydrogen-bond donors (Lipinski definition) is 2. The van der Waals surface area contributed by atoms with Crippen molar-refractivity contribution in [1.29, 1.82) is 5.26 Å². The van der Waals surface area contributed by atoms with Crippen LogP contribution in [0.3, 0.4) is 0 Å². The van der Waals surface area contributed by atoms with Crippen molar-refractivity contribution in [2.75, 3.05) is 43.5 Å². The highest BCUT2D eigenvalue weighted by Crippen LogP contribution is 2.51. The Balaban J connectivity index is 1.37. The SMILES string of the molecule is N#Cc1c(N)sc2c(F)ccc(-c3c(Cl)c4c5c(nc(OCC67CCCN6CCC7)nc5c3F)N3CC(N)CCC3CCO4)c12. The summed E-state index contributed by atoms with van der Waals surface area (Å²) >= 11 is 7.99. The minimum atomic E-state index is -0.739. The number of benzene rings is 2. The molecule has 4 aliphatic rings. The second kappa shape index (κ2) is 10.8. The van der Waals surface area contributed by atoms with Gasteiger partial charge < -0.3 is 25.8 Å². The van der Waals surface area contributed by atoms with Crippen LogP contribution in [0.15, 0.2) is 12.1 Å². The van der Waals surface area contributed by atoms with Crippen LogP contribution < -0.4 is 25.8 Å². The van der Waals surface area contributed by atoms with Crippen molar-refractivity contribution in [3.8, 4) is 29.0 Å².